The van der Waals surface area contributed by atoms with E-state index in [9.17, 15) is 14.5 Å². The molecular formula is C15H9FN2O2. The standard InChI is InChI=1S/C15H9FN2O2/c16-15-4-2-1-3-14(15)12(10-17)9-11-5-7-13(8-6-11)18(19)20/h1-9H/b12-9-. The summed E-state index contributed by atoms with van der Waals surface area (Å²) in [4.78, 5) is 10.0. The lowest BCUT2D eigenvalue weighted by Crippen LogP contribution is -1.89. The van der Waals surface area contributed by atoms with E-state index in [4.69, 9.17) is 5.26 Å². The number of hydrogen-bond acceptors (Lipinski definition) is 3. The fraction of sp³-hybridized carbons (Fsp3) is 0. The van der Waals surface area contributed by atoms with E-state index < -0.39 is 10.7 Å². The number of nitro groups is 1. The minimum atomic E-state index is -0.504. The Hall–Kier alpha value is -3.00. The fourth-order valence-electron chi connectivity index (χ4n) is 1.71. The van der Waals surface area contributed by atoms with Crippen LogP contribution in [0.15, 0.2) is 48.5 Å². The zero-order chi connectivity index (χ0) is 14.5. The molecule has 0 spiro atoms. The molecule has 0 heterocycles. The predicted octanol–water partition coefficient (Wildman–Crippen LogP) is 3.80. The van der Waals surface area contributed by atoms with Gasteiger partial charge in [-0.15, -0.1) is 0 Å². The number of hydrogen-bond donors (Lipinski definition) is 0. The van der Waals surface area contributed by atoms with Gasteiger partial charge in [-0.05, 0) is 29.8 Å². The first-order valence-corrected chi connectivity index (χ1v) is 5.73. The number of nitrogens with zero attached hydrogens (tertiary/aromatic N) is 2. The normalized spacial score (nSPS) is 10.9. The highest BCUT2D eigenvalue weighted by molar-refractivity contribution is 5.89. The molecule has 20 heavy (non-hydrogen) atoms. The molecular weight excluding hydrogens is 259 g/mol. The predicted molar refractivity (Wildman–Crippen MR) is 73.0 cm³/mol. The molecule has 0 amide bonds. The third kappa shape index (κ3) is 2.87. The molecule has 2 aromatic carbocycles. The van der Waals surface area contributed by atoms with Crippen LogP contribution in [0.2, 0.25) is 0 Å². The molecule has 0 N–H and O–H groups in total. The molecule has 0 aliphatic heterocycles. The Labute approximate surface area is 114 Å². The molecule has 5 heteroatoms. The van der Waals surface area contributed by atoms with E-state index in [1.54, 1.807) is 12.1 Å². The van der Waals surface area contributed by atoms with Gasteiger partial charge in [0.25, 0.3) is 5.69 Å². The van der Waals surface area contributed by atoms with Gasteiger partial charge in [-0.1, -0.05) is 18.2 Å². The van der Waals surface area contributed by atoms with Crippen LogP contribution in [0.5, 0.6) is 0 Å². The van der Waals surface area contributed by atoms with Gasteiger partial charge in [-0.25, -0.2) is 4.39 Å². The second-order valence-electron chi connectivity index (χ2n) is 4.00. The summed E-state index contributed by atoms with van der Waals surface area (Å²) in [5, 5.41) is 19.7. The van der Waals surface area contributed by atoms with Crippen molar-refractivity contribution < 1.29 is 9.31 Å². The van der Waals surface area contributed by atoms with E-state index >= 15 is 0 Å². The molecule has 2 rings (SSSR count). The van der Waals surface area contributed by atoms with Crippen LogP contribution in [0.4, 0.5) is 10.1 Å². The molecule has 0 saturated heterocycles. The van der Waals surface area contributed by atoms with Gasteiger partial charge in [-0.3, -0.25) is 10.1 Å². The second kappa shape index (κ2) is 5.76. The summed E-state index contributed by atoms with van der Waals surface area (Å²) in [6.45, 7) is 0. The number of benzene rings is 2. The van der Waals surface area contributed by atoms with Gasteiger partial charge in [0.15, 0.2) is 0 Å². The fourth-order valence-corrected chi connectivity index (χ4v) is 1.71. The summed E-state index contributed by atoms with van der Waals surface area (Å²) in [5.74, 6) is -0.484. The first-order valence-electron chi connectivity index (χ1n) is 5.73. The minimum Gasteiger partial charge on any atom is -0.258 e. The quantitative estimate of drug-likeness (QED) is 0.368. The summed E-state index contributed by atoms with van der Waals surface area (Å²) in [7, 11) is 0. The van der Waals surface area contributed by atoms with E-state index in [1.807, 2.05) is 6.07 Å². The van der Waals surface area contributed by atoms with Crippen LogP contribution in [0.25, 0.3) is 11.6 Å². The number of halogens is 1. The molecule has 2 aromatic rings. The number of nitro benzene ring substituents is 1. The molecule has 0 atom stereocenters. The summed E-state index contributed by atoms with van der Waals surface area (Å²) in [6, 6.07) is 13.6. The first kappa shape index (κ1) is 13.4. The van der Waals surface area contributed by atoms with Crippen LogP contribution in [-0.4, -0.2) is 4.92 Å². The molecule has 0 unspecified atom stereocenters. The summed E-state index contributed by atoms with van der Waals surface area (Å²) < 4.78 is 13.6. The Kier molecular flexibility index (Phi) is 3.87. The van der Waals surface area contributed by atoms with Crippen molar-refractivity contribution in [3.05, 3.63) is 75.6 Å². The lowest BCUT2D eigenvalue weighted by molar-refractivity contribution is -0.384. The maximum absolute atomic E-state index is 13.6. The Morgan fingerprint density at radius 1 is 1.20 bits per heavy atom. The van der Waals surface area contributed by atoms with Crippen molar-refractivity contribution in [2.45, 2.75) is 0 Å². The van der Waals surface area contributed by atoms with Crippen molar-refractivity contribution in [1.29, 1.82) is 5.26 Å². The van der Waals surface area contributed by atoms with Crippen LogP contribution < -0.4 is 0 Å². The molecule has 0 fully saturated rings. The lowest BCUT2D eigenvalue weighted by Gasteiger charge is -2.01. The first-order chi connectivity index (χ1) is 9.61. The van der Waals surface area contributed by atoms with E-state index in [0.717, 1.165) is 0 Å². The smallest absolute Gasteiger partial charge is 0.258 e. The zero-order valence-electron chi connectivity index (χ0n) is 10.3. The topological polar surface area (TPSA) is 66.9 Å². The third-order valence-corrected chi connectivity index (χ3v) is 2.70. The monoisotopic (exact) mass is 268 g/mol. The van der Waals surface area contributed by atoms with Crippen molar-refractivity contribution in [3.63, 3.8) is 0 Å². The highest BCUT2D eigenvalue weighted by Gasteiger charge is 2.08. The van der Waals surface area contributed by atoms with Gasteiger partial charge >= 0.3 is 0 Å². The van der Waals surface area contributed by atoms with Crippen molar-refractivity contribution in [1.82, 2.24) is 0 Å². The maximum Gasteiger partial charge on any atom is 0.269 e. The maximum atomic E-state index is 13.6. The largest absolute Gasteiger partial charge is 0.269 e. The number of rotatable bonds is 3. The second-order valence-corrected chi connectivity index (χ2v) is 4.00. The summed E-state index contributed by atoms with van der Waals surface area (Å²) >= 11 is 0. The Morgan fingerprint density at radius 2 is 1.85 bits per heavy atom. The van der Waals surface area contributed by atoms with E-state index in [2.05, 4.69) is 0 Å². The van der Waals surface area contributed by atoms with Crippen LogP contribution in [-0.2, 0) is 0 Å². The Morgan fingerprint density at radius 3 is 2.40 bits per heavy atom. The van der Waals surface area contributed by atoms with Crippen molar-refractivity contribution in [2.75, 3.05) is 0 Å². The van der Waals surface area contributed by atoms with E-state index in [0.29, 0.717) is 5.56 Å². The van der Waals surface area contributed by atoms with Crippen LogP contribution in [0.1, 0.15) is 11.1 Å². The zero-order valence-corrected chi connectivity index (χ0v) is 10.3. The number of non-ortho nitro benzene ring substituents is 1. The van der Waals surface area contributed by atoms with Crippen LogP contribution >= 0.6 is 0 Å². The summed E-state index contributed by atoms with van der Waals surface area (Å²) in [6.07, 6.45) is 1.49. The Bertz CT molecular complexity index is 715. The Balaban J connectivity index is 2.40. The molecule has 98 valence electrons. The molecule has 0 aliphatic rings. The SMILES string of the molecule is N#C/C(=C/c1ccc([N+](=O)[O-])cc1)c1ccccc1F. The molecule has 4 nitrogen and oxygen atoms in total. The van der Waals surface area contributed by atoms with Crippen LogP contribution in [0.3, 0.4) is 0 Å². The van der Waals surface area contributed by atoms with Gasteiger partial charge in [0, 0.05) is 17.7 Å². The average molecular weight is 268 g/mol. The number of nitriles is 1. The van der Waals surface area contributed by atoms with Crippen molar-refractivity contribution >= 4 is 17.3 Å². The molecule has 0 aromatic heterocycles. The van der Waals surface area contributed by atoms with Crippen molar-refractivity contribution in [3.8, 4) is 6.07 Å². The van der Waals surface area contributed by atoms with Gasteiger partial charge in [0.1, 0.15) is 5.82 Å². The molecule has 0 aliphatic carbocycles. The van der Waals surface area contributed by atoms with Crippen LogP contribution in [0, 0.1) is 27.3 Å². The highest BCUT2D eigenvalue weighted by Crippen LogP contribution is 2.21. The lowest BCUT2D eigenvalue weighted by atomic mass is 10.0. The van der Waals surface area contributed by atoms with Gasteiger partial charge in [0.2, 0.25) is 0 Å². The van der Waals surface area contributed by atoms with Crippen molar-refractivity contribution in [2.24, 2.45) is 0 Å². The van der Waals surface area contributed by atoms with E-state index in [1.165, 1.54) is 42.5 Å². The molecule has 0 radical (unpaired) electrons. The van der Waals surface area contributed by atoms with Gasteiger partial charge in [-0.2, -0.15) is 5.26 Å². The van der Waals surface area contributed by atoms with E-state index in [-0.39, 0.29) is 16.8 Å². The third-order valence-electron chi connectivity index (χ3n) is 2.70. The average Bonchev–Trinajstić information content (AvgIpc) is 2.46. The number of allylic oxidation sites excluding steroid dienone is 1. The minimum absolute atomic E-state index is 0.0356. The van der Waals surface area contributed by atoms with Gasteiger partial charge in [0.05, 0.1) is 16.6 Å². The highest BCUT2D eigenvalue weighted by atomic mass is 19.1. The molecule has 0 saturated carbocycles. The summed E-state index contributed by atoms with van der Waals surface area (Å²) in [5.41, 5.74) is 0.923. The molecule has 0 bridgehead atoms. The van der Waals surface area contributed by atoms with Gasteiger partial charge < -0.3 is 0 Å².